The number of carbonyl (C=O) groups is 3. The number of aliphatic hydroxyl groups is 1. The second-order valence-corrected chi connectivity index (χ2v) is 11.3. The van der Waals surface area contributed by atoms with E-state index < -0.39 is 6.04 Å². The smallest absolute Gasteiger partial charge is 0.242 e. The van der Waals surface area contributed by atoms with E-state index in [4.69, 9.17) is 9.47 Å². The molecule has 3 aromatic rings. The Balaban J connectivity index is 1.36. The third-order valence-corrected chi connectivity index (χ3v) is 8.09. The van der Waals surface area contributed by atoms with E-state index >= 15 is 0 Å². The van der Waals surface area contributed by atoms with Crippen LogP contribution < -0.4 is 10.1 Å². The number of fused-ring (bicyclic) bond motifs is 9. The molecule has 0 unspecified atom stereocenters. The SMILES string of the molecule is CCc1nccn1CC(=O)N1CC[C@@H]2OCc3cccc(c3)Oc3ccc(cc3)CCC(=O)N(CCCO)CC(=O)N[C@H]2C1. The molecule has 3 aliphatic rings. The molecule has 2 atom stereocenters. The third-order valence-electron chi connectivity index (χ3n) is 8.09. The van der Waals surface area contributed by atoms with E-state index in [1.54, 1.807) is 17.3 Å². The lowest BCUT2D eigenvalue weighted by molar-refractivity contribution is -0.139. The Morgan fingerprint density at radius 1 is 1.09 bits per heavy atom. The number of rotatable bonds is 6. The highest BCUT2D eigenvalue weighted by molar-refractivity contribution is 5.85. The first-order chi connectivity index (χ1) is 21.4. The lowest BCUT2D eigenvalue weighted by atomic mass is 10.0. The maximum absolute atomic E-state index is 13.4. The summed E-state index contributed by atoms with van der Waals surface area (Å²) in [6, 6.07) is 14.8. The number of imidazole rings is 1. The Morgan fingerprint density at radius 3 is 2.73 bits per heavy atom. The van der Waals surface area contributed by atoms with Crippen LogP contribution in [0.4, 0.5) is 0 Å². The lowest BCUT2D eigenvalue weighted by Crippen LogP contribution is -2.58. The molecule has 6 rings (SSSR count). The molecule has 0 radical (unpaired) electrons. The second-order valence-electron chi connectivity index (χ2n) is 11.3. The summed E-state index contributed by atoms with van der Waals surface area (Å²) in [7, 11) is 0. The fourth-order valence-electron chi connectivity index (χ4n) is 5.69. The third kappa shape index (κ3) is 8.23. The van der Waals surface area contributed by atoms with Gasteiger partial charge in [0.15, 0.2) is 0 Å². The number of hydrogen-bond acceptors (Lipinski definition) is 7. The molecular formula is C33H41N5O6. The molecule has 44 heavy (non-hydrogen) atoms. The van der Waals surface area contributed by atoms with Gasteiger partial charge in [-0.3, -0.25) is 14.4 Å². The average Bonchev–Trinajstić information content (AvgIpc) is 3.48. The summed E-state index contributed by atoms with van der Waals surface area (Å²) < 4.78 is 14.3. The van der Waals surface area contributed by atoms with Crippen LogP contribution >= 0.6 is 0 Å². The number of amides is 3. The molecule has 3 aliphatic heterocycles. The number of aryl methyl sites for hydroxylation is 2. The second kappa shape index (κ2) is 15.0. The molecule has 0 saturated carbocycles. The van der Waals surface area contributed by atoms with Crippen LogP contribution in [0.2, 0.25) is 0 Å². The zero-order valence-electron chi connectivity index (χ0n) is 25.2. The van der Waals surface area contributed by atoms with Gasteiger partial charge in [-0.05, 0) is 54.7 Å². The summed E-state index contributed by atoms with van der Waals surface area (Å²) in [5, 5.41) is 12.5. The molecule has 1 fully saturated rings. The summed E-state index contributed by atoms with van der Waals surface area (Å²) in [5.41, 5.74) is 1.91. The van der Waals surface area contributed by atoms with Crippen LogP contribution in [-0.4, -0.2) is 87.1 Å². The molecule has 1 saturated heterocycles. The standard InChI is InChI=1S/C33H41N5O6/c1-2-30-34-14-17-36(30)22-33(42)38-16-13-29-28(20-38)35-31(40)21-37(15-4-18-39)32(41)12-9-24-7-10-26(11-8-24)44-27-6-3-5-25(19-27)23-43-29/h3,5-8,10-11,14,17,19,28-29,39H,2,4,9,12-13,15-16,18,20-23H2,1H3,(H,35,40)/t28-,29-/m0/s1. The summed E-state index contributed by atoms with van der Waals surface area (Å²) in [4.78, 5) is 47.5. The molecule has 1 aromatic heterocycles. The van der Waals surface area contributed by atoms with Gasteiger partial charge in [0.1, 0.15) is 23.9 Å². The van der Waals surface area contributed by atoms with Crippen molar-refractivity contribution >= 4 is 17.7 Å². The minimum atomic E-state index is -0.472. The summed E-state index contributed by atoms with van der Waals surface area (Å²) in [5.74, 6) is 1.66. The number of aromatic nitrogens is 2. The van der Waals surface area contributed by atoms with E-state index in [2.05, 4.69) is 10.3 Å². The summed E-state index contributed by atoms with van der Waals surface area (Å²) in [6.07, 6.45) is 5.52. The molecule has 11 heteroatoms. The highest BCUT2D eigenvalue weighted by atomic mass is 16.5. The quantitative estimate of drug-likeness (QED) is 0.444. The van der Waals surface area contributed by atoms with Gasteiger partial charge in [-0.1, -0.05) is 31.2 Å². The number of piperidine rings is 1. The van der Waals surface area contributed by atoms with Gasteiger partial charge < -0.3 is 34.3 Å². The fraction of sp³-hybridized carbons (Fsp3) is 0.455. The number of hydrogen-bond donors (Lipinski definition) is 2. The van der Waals surface area contributed by atoms with E-state index in [0.717, 1.165) is 23.4 Å². The minimum Gasteiger partial charge on any atom is -0.457 e. The van der Waals surface area contributed by atoms with Crippen molar-refractivity contribution in [3.63, 3.8) is 0 Å². The number of ether oxygens (including phenoxy) is 2. The number of nitrogens with one attached hydrogen (secondary N) is 1. The summed E-state index contributed by atoms with van der Waals surface area (Å²) in [6.45, 7) is 3.30. The zero-order valence-corrected chi connectivity index (χ0v) is 25.2. The lowest BCUT2D eigenvalue weighted by Gasteiger charge is -2.39. The highest BCUT2D eigenvalue weighted by Gasteiger charge is 2.34. The normalized spacial score (nSPS) is 19.8. The molecular weight excluding hydrogens is 562 g/mol. The van der Waals surface area contributed by atoms with E-state index in [0.29, 0.717) is 43.9 Å². The van der Waals surface area contributed by atoms with Crippen molar-refractivity contribution in [3.8, 4) is 11.5 Å². The van der Waals surface area contributed by atoms with Crippen molar-refractivity contribution in [3.05, 3.63) is 77.9 Å². The van der Waals surface area contributed by atoms with Crippen molar-refractivity contribution in [2.24, 2.45) is 0 Å². The van der Waals surface area contributed by atoms with E-state index in [-0.39, 0.29) is 63.0 Å². The van der Waals surface area contributed by atoms with Gasteiger partial charge in [0.2, 0.25) is 17.7 Å². The average molecular weight is 604 g/mol. The molecule has 4 bridgehead atoms. The molecule has 0 aliphatic carbocycles. The number of benzene rings is 2. The first kappa shape index (κ1) is 31.2. The highest BCUT2D eigenvalue weighted by Crippen LogP contribution is 2.25. The Labute approximate surface area is 257 Å². The predicted molar refractivity (Wildman–Crippen MR) is 163 cm³/mol. The molecule has 11 nitrogen and oxygen atoms in total. The number of nitrogens with zero attached hydrogens (tertiary/aromatic N) is 4. The Kier molecular flexibility index (Phi) is 10.6. The molecule has 234 valence electrons. The first-order valence-corrected chi connectivity index (χ1v) is 15.3. The van der Waals surface area contributed by atoms with Gasteiger partial charge in [-0.25, -0.2) is 4.98 Å². The molecule has 4 heterocycles. The van der Waals surface area contributed by atoms with Crippen molar-refractivity contribution in [1.29, 1.82) is 0 Å². The van der Waals surface area contributed by atoms with Crippen LogP contribution in [0.3, 0.4) is 0 Å². The monoisotopic (exact) mass is 603 g/mol. The van der Waals surface area contributed by atoms with Crippen molar-refractivity contribution in [1.82, 2.24) is 24.7 Å². The first-order valence-electron chi connectivity index (χ1n) is 15.3. The molecule has 0 spiro atoms. The maximum atomic E-state index is 13.4. The molecule has 3 amide bonds. The Bertz CT molecular complexity index is 1420. The Morgan fingerprint density at radius 2 is 1.93 bits per heavy atom. The minimum absolute atomic E-state index is 0.0580. The van der Waals surface area contributed by atoms with Crippen LogP contribution in [0.5, 0.6) is 11.5 Å². The fourth-order valence-corrected chi connectivity index (χ4v) is 5.69. The van der Waals surface area contributed by atoms with Crippen LogP contribution in [0.25, 0.3) is 0 Å². The van der Waals surface area contributed by atoms with Gasteiger partial charge in [-0.15, -0.1) is 0 Å². The largest absolute Gasteiger partial charge is 0.457 e. The van der Waals surface area contributed by atoms with Gasteiger partial charge in [0.05, 0.1) is 25.3 Å². The van der Waals surface area contributed by atoms with Crippen molar-refractivity contribution in [2.45, 2.75) is 64.3 Å². The van der Waals surface area contributed by atoms with Crippen LogP contribution in [0.15, 0.2) is 60.9 Å². The van der Waals surface area contributed by atoms with Gasteiger partial charge in [0, 0.05) is 51.5 Å². The van der Waals surface area contributed by atoms with Crippen LogP contribution in [-0.2, 0) is 45.1 Å². The molecule has 2 aromatic carbocycles. The van der Waals surface area contributed by atoms with Crippen LogP contribution in [0, 0.1) is 0 Å². The zero-order chi connectivity index (χ0) is 30.9. The van der Waals surface area contributed by atoms with E-state index in [9.17, 15) is 19.5 Å². The van der Waals surface area contributed by atoms with E-state index in [1.807, 2.05) is 60.0 Å². The van der Waals surface area contributed by atoms with Gasteiger partial charge in [0.25, 0.3) is 0 Å². The van der Waals surface area contributed by atoms with Gasteiger partial charge in [-0.2, -0.15) is 0 Å². The number of aliphatic hydroxyl groups excluding tert-OH is 1. The van der Waals surface area contributed by atoms with Crippen molar-refractivity contribution in [2.75, 3.05) is 32.8 Å². The number of likely N-dealkylation sites (tertiary alicyclic amines) is 1. The Hall–Kier alpha value is -4.22. The van der Waals surface area contributed by atoms with E-state index in [1.165, 1.54) is 4.90 Å². The van der Waals surface area contributed by atoms with Crippen LogP contribution in [0.1, 0.15) is 43.1 Å². The molecule has 2 N–H and O–H groups in total. The van der Waals surface area contributed by atoms with Gasteiger partial charge >= 0.3 is 0 Å². The topological polar surface area (TPSA) is 126 Å². The maximum Gasteiger partial charge on any atom is 0.242 e. The van der Waals surface area contributed by atoms with Crippen molar-refractivity contribution < 1.29 is 29.0 Å². The predicted octanol–water partition coefficient (Wildman–Crippen LogP) is 2.70. The number of carbonyl (C=O) groups excluding carboxylic acids is 3. The summed E-state index contributed by atoms with van der Waals surface area (Å²) >= 11 is 0.